The van der Waals surface area contributed by atoms with E-state index in [1.54, 1.807) is 18.2 Å². The number of nitrogens with one attached hydrogen (secondary N) is 1. The molecule has 0 aromatic heterocycles. The molecule has 0 radical (unpaired) electrons. The van der Waals surface area contributed by atoms with E-state index in [0.29, 0.717) is 36.1 Å². The molecule has 1 aliphatic rings. The molecule has 3 rings (SSSR count). The molecular formula is C15H14N2O4. The van der Waals surface area contributed by atoms with Gasteiger partial charge in [-0.1, -0.05) is 0 Å². The van der Waals surface area contributed by atoms with Crippen LogP contribution < -0.4 is 20.5 Å². The number of anilines is 3. The van der Waals surface area contributed by atoms with E-state index in [4.69, 9.17) is 20.3 Å². The lowest BCUT2D eigenvalue weighted by molar-refractivity contribution is 0.0697. The van der Waals surface area contributed by atoms with Crippen LogP contribution in [0.1, 0.15) is 10.4 Å². The van der Waals surface area contributed by atoms with Gasteiger partial charge in [-0.3, -0.25) is 0 Å². The third kappa shape index (κ3) is 2.69. The first-order valence-corrected chi connectivity index (χ1v) is 6.43. The van der Waals surface area contributed by atoms with E-state index in [-0.39, 0.29) is 5.56 Å². The molecule has 6 heteroatoms. The fourth-order valence-corrected chi connectivity index (χ4v) is 2.07. The number of carbonyl (C=O) groups is 1. The summed E-state index contributed by atoms with van der Waals surface area (Å²) in [7, 11) is 0. The van der Waals surface area contributed by atoms with Gasteiger partial charge in [0.15, 0.2) is 11.5 Å². The van der Waals surface area contributed by atoms with Crippen molar-refractivity contribution in [2.75, 3.05) is 24.3 Å². The lowest BCUT2D eigenvalue weighted by Crippen LogP contribution is -2.15. The highest BCUT2D eigenvalue weighted by Crippen LogP contribution is 2.34. The van der Waals surface area contributed by atoms with Crippen molar-refractivity contribution in [1.29, 1.82) is 0 Å². The van der Waals surface area contributed by atoms with Crippen molar-refractivity contribution >= 4 is 23.0 Å². The van der Waals surface area contributed by atoms with Crippen LogP contribution in [0, 0.1) is 0 Å². The van der Waals surface area contributed by atoms with Crippen molar-refractivity contribution < 1.29 is 19.4 Å². The first-order valence-electron chi connectivity index (χ1n) is 6.43. The van der Waals surface area contributed by atoms with Crippen LogP contribution in [0.5, 0.6) is 11.5 Å². The van der Waals surface area contributed by atoms with Gasteiger partial charge in [0.25, 0.3) is 0 Å². The molecule has 0 atom stereocenters. The van der Waals surface area contributed by atoms with Gasteiger partial charge in [-0.25, -0.2) is 4.79 Å². The van der Waals surface area contributed by atoms with E-state index in [1.165, 1.54) is 12.1 Å². The Morgan fingerprint density at radius 2 is 1.86 bits per heavy atom. The standard InChI is InChI=1S/C15H14N2O4/c16-11-3-1-9(15(18)19)7-12(11)17-10-2-4-13-14(8-10)21-6-5-20-13/h1-4,7-8,17H,5-6,16H2,(H,18,19). The second-order valence-electron chi connectivity index (χ2n) is 4.59. The Bertz CT molecular complexity index is 700. The van der Waals surface area contributed by atoms with Crippen LogP contribution in [0.4, 0.5) is 17.1 Å². The van der Waals surface area contributed by atoms with E-state index in [2.05, 4.69) is 5.32 Å². The van der Waals surface area contributed by atoms with Crippen molar-refractivity contribution in [2.45, 2.75) is 0 Å². The van der Waals surface area contributed by atoms with Gasteiger partial charge in [0.05, 0.1) is 16.9 Å². The molecule has 0 fully saturated rings. The van der Waals surface area contributed by atoms with Gasteiger partial charge in [-0.15, -0.1) is 0 Å². The smallest absolute Gasteiger partial charge is 0.335 e. The first kappa shape index (κ1) is 13.1. The molecule has 4 N–H and O–H groups in total. The average Bonchev–Trinajstić information content (AvgIpc) is 2.49. The van der Waals surface area contributed by atoms with E-state index in [1.807, 2.05) is 6.07 Å². The zero-order valence-electron chi connectivity index (χ0n) is 11.1. The number of hydrogen-bond donors (Lipinski definition) is 3. The van der Waals surface area contributed by atoms with Crippen LogP contribution in [0.3, 0.4) is 0 Å². The van der Waals surface area contributed by atoms with Crippen LogP contribution in [0.25, 0.3) is 0 Å². The minimum absolute atomic E-state index is 0.171. The third-order valence-corrected chi connectivity index (χ3v) is 3.12. The number of nitrogen functional groups attached to an aromatic ring is 1. The maximum absolute atomic E-state index is 11.0. The number of ether oxygens (including phenoxy) is 2. The van der Waals surface area contributed by atoms with Crippen LogP contribution in [-0.2, 0) is 0 Å². The molecule has 0 unspecified atom stereocenters. The zero-order chi connectivity index (χ0) is 14.8. The number of nitrogens with two attached hydrogens (primary N) is 1. The quantitative estimate of drug-likeness (QED) is 0.750. The average molecular weight is 286 g/mol. The van der Waals surface area contributed by atoms with Crippen molar-refractivity contribution in [3.8, 4) is 11.5 Å². The van der Waals surface area contributed by atoms with E-state index < -0.39 is 5.97 Å². The highest BCUT2D eigenvalue weighted by Gasteiger charge is 2.13. The fraction of sp³-hybridized carbons (Fsp3) is 0.133. The van der Waals surface area contributed by atoms with E-state index >= 15 is 0 Å². The molecule has 2 aromatic carbocycles. The number of fused-ring (bicyclic) bond motifs is 1. The molecule has 21 heavy (non-hydrogen) atoms. The number of carboxylic acid groups (broad SMARTS) is 1. The summed E-state index contributed by atoms with van der Waals surface area (Å²) in [5.41, 5.74) is 7.78. The number of hydrogen-bond acceptors (Lipinski definition) is 5. The lowest BCUT2D eigenvalue weighted by Gasteiger charge is -2.19. The maximum Gasteiger partial charge on any atom is 0.335 e. The molecule has 0 aliphatic carbocycles. The first-order chi connectivity index (χ1) is 10.1. The summed E-state index contributed by atoms with van der Waals surface area (Å²) in [5.74, 6) is 0.346. The normalized spacial score (nSPS) is 12.8. The molecule has 6 nitrogen and oxygen atoms in total. The Morgan fingerprint density at radius 3 is 2.62 bits per heavy atom. The SMILES string of the molecule is Nc1ccc(C(=O)O)cc1Nc1ccc2c(c1)OCCO2. The Morgan fingerprint density at radius 1 is 1.10 bits per heavy atom. The van der Waals surface area contributed by atoms with Gasteiger partial charge in [0.2, 0.25) is 0 Å². The third-order valence-electron chi connectivity index (χ3n) is 3.12. The number of aromatic carboxylic acids is 1. The van der Waals surface area contributed by atoms with Crippen LogP contribution in [0.15, 0.2) is 36.4 Å². The molecule has 0 amide bonds. The molecule has 0 spiro atoms. The van der Waals surface area contributed by atoms with Gasteiger partial charge in [-0.05, 0) is 30.3 Å². The molecule has 1 heterocycles. The Kier molecular flexibility index (Phi) is 3.27. The van der Waals surface area contributed by atoms with E-state index in [9.17, 15) is 4.79 Å². The number of benzene rings is 2. The summed E-state index contributed by atoms with van der Waals surface area (Å²) in [6.45, 7) is 1.04. The highest BCUT2D eigenvalue weighted by atomic mass is 16.6. The molecular weight excluding hydrogens is 272 g/mol. The molecule has 0 bridgehead atoms. The molecule has 2 aromatic rings. The minimum Gasteiger partial charge on any atom is -0.486 e. The van der Waals surface area contributed by atoms with E-state index in [0.717, 1.165) is 5.69 Å². The second kappa shape index (κ2) is 5.24. The largest absolute Gasteiger partial charge is 0.486 e. The molecule has 0 saturated carbocycles. The predicted octanol–water partition coefficient (Wildman–Crippen LogP) is 2.48. The lowest BCUT2D eigenvalue weighted by atomic mass is 10.1. The molecule has 1 aliphatic heterocycles. The Labute approximate surface area is 121 Å². The van der Waals surface area contributed by atoms with Gasteiger partial charge >= 0.3 is 5.97 Å². The van der Waals surface area contributed by atoms with Gasteiger partial charge in [0.1, 0.15) is 13.2 Å². The number of rotatable bonds is 3. The van der Waals surface area contributed by atoms with Crippen molar-refractivity contribution in [3.05, 3.63) is 42.0 Å². The summed E-state index contributed by atoms with van der Waals surface area (Å²) in [4.78, 5) is 11.0. The van der Waals surface area contributed by atoms with Gasteiger partial charge < -0.3 is 25.6 Å². The fourth-order valence-electron chi connectivity index (χ4n) is 2.07. The highest BCUT2D eigenvalue weighted by molar-refractivity contribution is 5.91. The summed E-state index contributed by atoms with van der Waals surface area (Å²) < 4.78 is 11.0. The zero-order valence-corrected chi connectivity index (χ0v) is 11.1. The number of carboxylic acids is 1. The van der Waals surface area contributed by atoms with Crippen molar-refractivity contribution in [2.24, 2.45) is 0 Å². The second-order valence-corrected chi connectivity index (χ2v) is 4.59. The topological polar surface area (TPSA) is 93.8 Å². The Hall–Kier alpha value is -2.89. The predicted molar refractivity (Wildman–Crippen MR) is 78.5 cm³/mol. The maximum atomic E-state index is 11.0. The van der Waals surface area contributed by atoms with Crippen molar-refractivity contribution in [3.63, 3.8) is 0 Å². The molecule has 108 valence electrons. The summed E-state index contributed by atoms with van der Waals surface area (Å²) in [6.07, 6.45) is 0. The monoisotopic (exact) mass is 286 g/mol. The van der Waals surface area contributed by atoms with Crippen molar-refractivity contribution in [1.82, 2.24) is 0 Å². The van der Waals surface area contributed by atoms with Gasteiger partial charge in [0, 0.05) is 11.8 Å². The van der Waals surface area contributed by atoms with Crippen LogP contribution >= 0.6 is 0 Å². The van der Waals surface area contributed by atoms with Crippen LogP contribution in [-0.4, -0.2) is 24.3 Å². The molecule has 0 saturated heterocycles. The summed E-state index contributed by atoms with van der Waals surface area (Å²) in [5, 5.41) is 12.1. The van der Waals surface area contributed by atoms with Gasteiger partial charge in [-0.2, -0.15) is 0 Å². The van der Waals surface area contributed by atoms with Crippen LogP contribution in [0.2, 0.25) is 0 Å². The minimum atomic E-state index is -1.000. The summed E-state index contributed by atoms with van der Waals surface area (Å²) in [6, 6.07) is 9.93. The Balaban J connectivity index is 1.89. The summed E-state index contributed by atoms with van der Waals surface area (Å²) >= 11 is 0.